The first-order valence-electron chi connectivity index (χ1n) is 6.11. The zero-order chi connectivity index (χ0) is 13.0. The van der Waals surface area contributed by atoms with Crippen LogP contribution in [-0.2, 0) is 4.74 Å². The summed E-state index contributed by atoms with van der Waals surface area (Å²) >= 11 is 0. The molecule has 1 fully saturated rings. The number of hydrogen-bond acceptors (Lipinski definition) is 6. The van der Waals surface area contributed by atoms with E-state index in [-0.39, 0.29) is 5.69 Å². The largest absolute Gasteiger partial charge is 0.464 e. The number of piperidine rings is 1. The van der Waals surface area contributed by atoms with Crippen LogP contribution < -0.4 is 10.6 Å². The second-order valence-corrected chi connectivity index (χ2v) is 4.52. The molecule has 0 spiro atoms. The van der Waals surface area contributed by atoms with E-state index in [4.69, 9.17) is 0 Å². The Hall–Kier alpha value is -1.69. The van der Waals surface area contributed by atoms with Crippen LogP contribution in [0.25, 0.3) is 0 Å². The Kier molecular flexibility index (Phi) is 4.09. The van der Waals surface area contributed by atoms with Gasteiger partial charge in [-0.1, -0.05) is 0 Å². The van der Waals surface area contributed by atoms with Crippen molar-refractivity contribution in [3.63, 3.8) is 0 Å². The Bertz CT molecular complexity index is 407. The van der Waals surface area contributed by atoms with Gasteiger partial charge in [-0.25, -0.2) is 4.79 Å². The van der Waals surface area contributed by atoms with Crippen LogP contribution in [0.15, 0.2) is 12.1 Å². The molecule has 0 aromatic carbocycles. The fraction of sp³-hybridized carbons (Fsp3) is 0.583. The number of nitrogens with one attached hydrogen (secondary N) is 2. The topological polar surface area (TPSA) is 76.1 Å². The lowest BCUT2D eigenvalue weighted by Gasteiger charge is -2.28. The summed E-state index contributed by atoms with van der Waals surface area (Å²) < 4.78 is 4.57. The van der Waals surface area contributed by atoms with E-state index in [0.29, 0.717) is 17.9 Å². The summed E-state index contributed by atoms with van der Waals surface area (Å²) in [7, 11) is 1.33. The molecule has 0 saturated carbocycles. The van der Waals surface area contributed by atoms with Crippen LogP contribution in [-0.4, -0.2) is 41.9 Å². The molecule has 2 unspecified atom stereocenters. The Labute approximate surface area is 106 Å². The first-order chi connectivity index (χ1) is 8.69. The predicted molar refractivity (Wildman–Crippen MR) is 67.5 cm³/mol. The number of carbonyl (C=O) groups is 1. The van der Waals surface area contributed by atoms with Crippen molar-refractivity contribution in [2.75, 3.05) is 19.0 Å². The molecular formula is C12H18N4O2. The molecule has 2 heterocycles. The van der Waals surface area contributed by atoms with Gasteiger partial charge in [0.15, 0.2) is 5.69 Å². The molecule has 2 rings (SSSR count). The molecule has 1 aromatic heterocycles. The number of nitrogens with zero attached hydrogens (tertiary/aromatic N) is 2. The number of hydrogen-bond donors (Lipinski definition) is 2. The standard InChI is InChI=1S/C12H18N4O2/c1-8-7-9(5-6-13-8)14-11-4-3-10(15-16-11)12(17)18-2/h3-4,8-9,13H,5-7H2,1-2H3,(H,14,16). The number of anilines is 1. The highest BCUT2D eigenvalue weighted by Crippen LogP contribution is 2.13. The van der Waals surface area contributed by atoms with Gasteiger partial charge in [0.2, 0.25) is 0 Å². The summed E-state index contributed by atoms with van der Waals surface area (Å²) in [6.45, 7) is 3.17. The molecule has 1 aliphatic heterocycles. The summed E-state index contributed by atoms with van der Waals surface area (Å²) in [4.78, 5) is 11.2. The van der Waals surface area contributed by atoms with Crippen LogP contribution in [0.4, 0.5) is 5.82 Å². The SMILES string of the molecule is COC(=O)c1ccc(NC2CCNC(C)C2)nn1. The summed E-state index contributed by atoms with van der Waals surface area (Å²) in [5, 5.41) is 14.5. The molecule has 1 aliphatic rings. The molecule has 1 saturated heterocycles. The van der Waals surface area contributed by atoms with E-state index >= 15 is 0 Å². The average molecular weight is 250 g/mol. The van der Waals surface area contributed by atoms with Crippen molar-refractivity contribution in [3.05, 3.63) is 17.8 Å². The molecule has 98 valence electrons. The maximum absolute atomic E-state index is 11.2. The monoisotopic (exact) mass is 250 g/mol. The second-order valence-electron chi connectivity index (χ2n) is 4.52. The molecule has 2 atom stereocenters. The number of aromatic nitrogens is 2. The summed E-state index contributed by atoms with van der Waals surface area (Å²) in [5.41, 5.74) is 0.224. The zero-order valence-electron chi connectivity index (χ0n) is 10.6. The van der Waals surface area contributed by atoms with Crippen molar-refractivity contribution in [3.8, 4) is 0 Å². The minimum Gasteiger partial charge on any atom is -0.464 e. The maximum Gasteiger partial charge on any atom is 0.358 e. The summed E-state index contributed by atoms with van der Waals surface area (Å²) in [6.07, 6.45) is 2.12. The summed E-state index contributed by atoms with van der Waals surface area (Å²) in [5.74, 6) is 0.228. The quantitative estimate of drug-likeness (QED) is 0.773. The molecule has 18 heavy (non-hydrogen) atoms. The summed E-state index contributed by atoms with van der Waals surface area (Å²) in [6, 6.07) is 4.29. The van der Waals surface area contributed by atoms with E-state index in [2.05, 4.69) is 32.5 Å². The van der Waals surface area contributed by atoms with Crippen molar-refractivity contribution >= 4 is 11.8 Å². The van der Waals surface area contributed by atoms with Gasteiger partial charge >= 0.3 is 5.97 Å². The van der Waals surface area contributed by atoms with Crippen LogP contribution >= 0.6 is 0 Å². The highest BCUT2D eigenvalue weighted by Gasteiger charge is 2.18. The predicted octanol–water partition coefficient (Wildman–Crippen LogP) is 0.816. The Balaban J connectivity index is 1.95. The van der Waals surface area contributed by atoms with Gasteiger partial charge in [0.25, 0.3) is 0 Å². The van der Waals surface area contributed by atoms with Crippen LogP contribution in [0.5, 0.6) is 0 Å². The molecule has 2 N–H and O–H groups in total. The number of rotatable bonds is 3. The van der Waals surface area contributed by atoms with Gasteiger partial charge in [-0.15, -0.1) is 10.2 Å². The van der Waals surface area contributed by atoms with Gasteiger partial charge < -0.3 is 15.4 Å². The minimum absolute atomic E-state index is 0.224. The maximum atomic E-state index is 11.2. The number of carbonyl (C=O) groups excluding carboxylic acids is 1. The third-order valence-corrected chi connectivity index (χ3v) is 3.03. The van der Waals surface area contributed by atoms with Gasteiger partial charge in [-0.3, -0.25) is 0 Å². The van der Waals surface area contributed by atoms with E-state index in [1.165, 1.54) is 7.11 Å². The Morgan fingerprint density at radius 3 is 2.94 bits per heavy atom. The normalized spacial score (nSPS) is 23.4. The van der Waals surface area contributed by atoms with Crippen LogP contribution in [0.2, 0.25) is 0 Å². The molecule has 6 heteroatoms. The number of esters is 1. The molecule has 0 bridgehead atoms. The van der Waals surface area contributed by atoms with Crippen LogP contribution in [0.1, 0.15) is 30.3 Å². The Morgan fingerprint density at radius 2 is 2.33 bits per heavy atom. The average Bonchev–Trinajstić information content (AvgIpc) is 2.39. The minimum atomic E-state index is -0.468. The van der Waals surface area contributed by atoms with E-state index in [1.807, 2.05) is 0 Å². The van der Waals surface area contributed by atoms with Crippen LogP contribution in [0, 0.1) is 0 Å². The number of methoxy groups -OCH3 is 1. The molecule has 0 amide bonds. The van der Waals surface area contributed by atoms with Gasteiger partial charge in [-0.05, 0) is 38.4 Å². The fourth-order valence-corrected chi connectivity index (χ4v) is 2.09. The molecule has 1 aromatic rings. The smallest absolute Gasteiger partial charge is 0.358 e. The third-order valence-electron chi connectivity index (χ3n) is 3.03. The van der Waals surface area contributed by atoms with Gasteiger partial charge in [0, 0.05) is 12.1 Å². The third kappa shape index (κ3) is 3.16. The lowest BCUT2D eigenvalue weighted by molar-refractivity contribution is 0.0593. The number of ether oxygens (including phenoxy) is 1. The Morgan fingerprint density at radius 1 is 1.50 bits per heavy atom. The van der Waals surface area contributed by atoms with Gasteiger partial charge in [0.1, 0.15) is 5.82 Å². The molecule has 0 radical (unpaired) electrons. The lowest BCUT2D eigenvalue weighted by atomic mass is 10.0. The highest BCUT2D eigenvalue weighted by molar-refractivity contribution is 5.86. The first kappa shape index (κ1) is 12.8. The van der Waals surface area contributed by atoms with E-state index in [0.717, 1.165) is 19.4 Å². The van der Waals surface area contributed by atoms with Crippen LogP contribution in [0.3, 0.4) is 0 Å². The first-order valence-corrected chi connectivity index (χ1v) is 6.11. The van der Waals surface area contributed by atoms with E-state index < -0.39 is 5.97 Å². The van der Waals surface area contributed by atoms with E-state index in [9.17, 15) is 4.79 Å². The lowest BCUT2D eigenvalue weighted by Crippen LogP contribution is -2.41. The highest BCUT2D eigenvalue weighted by atomic mass is 16.5. The fourth-order valence-electron chi connectivity index (χ4n) is 2.09. The second kappa shape index (κ2) is 5.77. The molecule has 0 aliphatic carbocycles. The van der Waals surface area contributed by atoms with E-state index in [1.54, 1.807) is 12.1 Å². The molecule has 6 nitrogen and oxygen atoms in total. The van der Waals surface area contributed by atoms with Gasteiger partial charge in [0.05, 0.1) is 7.11 Å². The zero-order valence-corrected chi connectivity index (χ0v) is 10.6. The van der Waals surface area contributed by atoms with Crippen molar-refractivity contribution < 1.29 is 9.53 Å². The van der Waals surface area contributed by atoms with Crippen molar-refractivity contribution in [1.29, 1.82) is 0 Å². The van der Waals surface area contributed by atoms with Crippen molar-refractivity contribution in [1.82, 2.24) is 15.5 Å². The molecular weight excluding hydrogens is 232 g/mol. The van der Waals surface area contributed by atoms with Gasteiger partial charge in [-0.2, -0.15) is 0 Å². The van der Waals surface area contributed by atoms with Crippen molar-refractivity contribution in [2.24, 2.45) is 0 Å². The van der Waals surface area contributed by atoms with Crippen molar-refractivity contribution in [2.45, 2.75) is 31.8 Å².